The summed E-state index contributed by atoms with van der Waals surface area (Å²) in [5.74, 6) is 1.18. The van der Waals surface area contributed by atoms with Crippen LogP contribution in [0.5, 0.6) is 0 Å². The molecule has 3 aromatic rings. The van der Waals surface area contributed by atoms with Gasteiger partial charge in [0.1, 0.15) is 5.82 Å². The zero-order chi connectivity index (χ0) is 27.9. The van der Waals surface area contributed by atoms with Gasteiger partial charge in [-0.15, -0.1) is 0 Å². The van der Waals surface area contributed by atoms with Crippen molar-refractivity contribution in [3.05, 3.63) is 70.4 Å². The molecule has 0 bridgehead atoms. The Morgan fingerprint density at radius 1 is 0.949 bits per heavy atom. The van der Waals surface area contributed by atoms with Crippen molar-refractivity contribution in [1.82, 2.24) is 14.9 Å². The summed E-state index contributed by atoms with van der Waals surface area (Å²) >= 11 is 0. The van der Waals surface area contributed by atoms with E-state index in [1.807, 2.05) is 0 Å². The predicted octanol–water partition coefficient (Wildman–Crippen LogP) is 5.83. The van der Waals surface area contributed by atoms with E-state index in [2.05, 4.69) is 48.8 Å². The number of amides is 1. The number of halogens is 3. The monoisotopic (exact) mass is 537 g/mol. The van der Waals surface area contributed by atoms with Crippen LogP contribution in [0.1, 0.15) is 54.6 Å². The highest BCUT2D eigenvalue weighted by Crippen LogP contribution is 2.39. The second-order valence-electron chi connectivity index (χ2n) is 10.7. The van der Waals surface area contributed by atoms with E-state index in [4.69, 9.17) is 9.97 Å². The van der Waals surface area contributed by atoms with Crippen molar-refractivity contribution in [3.8, 4) is 11.4 Å². The molecule has 0 unspecified atom stereocenters. The molecule has 3 heterocycles. The molecule has 1 fully saturated rings. The molecule has 1 amide bonds. The lowest BCUT2D eigenvalue weighted by molar-refractivity contribution is -0.137. The Morgan fingerprint density at radius 3 is 2.33 bits per heavy atom. The van der Waals surface area contributed by atoms with Gasteiger partial charge in [-0.2, -0.15) is 13.2 Å². The van der Waals surface area contributed by atoms with Gasteiger partial charge in [0.15, 0.2) is 5.82 Å². The van der Waals surface area contributed by atoms with Crippen LogP contribution in [-0.4, -0.2) is 53.5 Å². The summed E-state index contributed by atoms with van der Waals surface area (Å²) in [5, 5.41) is 0. The number of aromatic nitrogens is 2. The molecule has 5 rings (SSSR count). The zero-order valence-corrected chi connectivity index (χ0v) is 22.8. The van der Waals surface area contributed by atoms with Gasteiger partial charge in [-0.1, -0.05) is 44.2 Å². The van der Waals surface area contributed by atoms with Gasteiger partial charge >= 0.3 is 6.18 Å². The third kappa shape index (κ3) is 5.44. The minimum atomic E-state index is -4.51. The van der Waals surface area contributed by atoms with E-state index < -0.39 is 11.7 Å². The van der Waals surface area contributed by atoms with Crippen LogP contribution < -0.4 is 9.80 Å². The first-order chi connectivity index (χ1) is 18.5. The quantitative estimate of drug-likeness (QED) is 0.420. The van der Waals surface area contributed by atoms with Crippen LogP contribution in [0, 0.1) is 6.92 Å². The number of piperazine rings is 1. The number of hydrogen-bond acceptors (Lipinski definition) is 5. The van der Waals surface area contributed by atoms with Gasteiger partial charge < -0.3 is 14.7 Å². The van der Waals surface area contributed by atoms with Crippen molar-refractivity contribution in [1.29, 1.82) is 0 Å². The van der Waals surface area contributed by atoms with Gasteiger partial charge in [0.25, 0.3) is 0 Å². The summed E-state index contributed by atoms with van der Waals surface area (Å²) in [6.45, 7) is 11.5. The topological polar surface area (TPSA) is 52.6 Å². The number of carbonyl (C=O) groups is 1. The van der Waals surface area contributed by atoms with Gasteiger partial charge in [-0.3, -0.25) is 4.79 Å². The molecule has 0 spiro atoms. The maximum absolute atomic E-state index is 13.9. The largest absolute Gasteiger partial charge is 0.417 e. The summed E-state index contributed by atoms with van der Waals surface area (Å²) < 4.78 is 41.7. The average molecular weight is 538 g/mol. The third-order valence-electron chi connectivity index (χ3n) is 7.78. The summed E-state index contributed by atoms with van der Waals surface area (Å²) in [6, 6.07) is 12.0. The summed E-state index contributed by atoms with van der Waals surface area (Å²) in [5.41, 5.74) is 4.57. The van der Waals surface area contributed by atoms with Crippen molar-refractivity contribution >= 4 is 17.4 Å². The van der Waals surface area contributed by atoms with Crippen LogP contribution >= 0.6 is 0 Å². The predicted molar refractivity (Wildman–Crippen MR) is 147 cm³/mol. The molecule has 0 radical (unpaired) electrons. The average Bonchev–Trinajstić information content (AvgIpc) is 2.92. The van der Waals surface area contributed by atoms with Crippen LogP contribution in [-0.2, 0) is 23.9 Å². The second-order valence-corrected chi connectivity index (χ2v) is 10.7. The molecule has 9 heteroatoms. The molecule has 206 valence electrons. The molecule has 0 N–H and O–H groups in total. The molecular formula is C30H34F3N5O. The molecule has 1 saturated heterocycles. The van der Waals surface area contributed by atoms with Crippen LogP contribution in [0.2, 0.25) is 0 Å². The molecular weight excluding hydrogens is 503 g/mol. The maximum Gasteiger partial charge on any atom is 0.417 e. The smallest absolute Gasteiger partial charge is 0.366 e. The number of anilines is 2. The number of rotatable bonds is 4. The maximum atomic E-state index is 13.9. The Morgan fingerprint density at radius 2 is 1.67 bits per heavy atom. The first-order valence-corrected chi connectivity index (χ1v) is 13.4. The number of alkyl halides is 3. The molecule has 0 saturated carbocycles. The van der Waals surface area contributed by atoms with E-state index in [1.165, 1.54) is 23.3 Å². The highest BCUT2D eigenvalue weighted by atomic mass is 19.4. The van der Waals surface area contributed by atoms with Crippen LogP contribution in [0.4, 0.5) is 24.7 Å². The van der Waals surface area contributed by atoms with E-state index in [9.17, 15) is 18.0 Å². The van der Waals surface area contributed by atoms with Gasteiger partial charge in [0.05, 0.1) is 11.3 Å². The Labute approximate surface area is 227 Å². The molecule has 6 nitrogen and oxygen atoms in total. The first-order valence-electron chi connectivity index (χ1n) is 13.4. The van der Waals surface area contributed by atoms with E-state index in [0.717, 1.165) is 23.0 Å². The van der Waals surface area contributed by atoms with E-state index in [0.29, 0.717) is 57.4 Å². The normalized spacial score (nSPS) is 16.1. The Bertz CT molecular complexity index is 1380. The second kappa shape index (κ2) is 10.5. The minimum Gasteiger partial charge on any atom is -0.366 e. The fraction of sp³-hybridized carbons (Fsp3) is 0.433. The first kappa shape index (κ1) is 27.0. The standard InChI is InChI=1S/C30H34F3N5O/c1-19(2)22-10-9-20(3)27(17-22)38-12-11-26-24(18-38)29(37-15-13-36(14-16-37)21(4)39)35-28(34-26)23-7-5-6-8-25(23)30(31,32)33/h5-10,17,19H,11-16,18H2,1-4H3. The Hall–Kier alpha value is -3.62. The summed E-state index contributed by atoms with van der Waals surface area (Å²) in [6.07, 6.45) is -3.91. The molecule has 1 aromatic heterocycles. The number of carbonyl (C=O) groups excluding carboxylic acids is 1. The lowest BCUT2D eigenvalue weighted by Crippen LogP contribution is -2.49. The van der Waals surface area contributed by atoms with Crippen molar-refractivity contribution in [2.75, 3.05) is 42.5 Å². The SMILES string of the molecule is CC(=O)N1CCN(c2nc(-c3ccccc3C(F)(F)F)nc3c2CN(c2cc(C(C)C)ccc2C)CC3)CC1. The van der Waals surface area contributed by atoms with E-state index in [1.54, 1.807) is 17.9 Å². The zero-order valence-electron chi connectivity index (χ0n) is 22.8. The van der Waals surface area contributed by atoms with Gasteiger partial charge in [0.2, 0.25) is 5.91 Å². The van der Waals surface area contributed by atoms with Crippen molar-refractivity contribution in [3.63, 3.8) is 0 Å². The van der Waals surface area contributed by atoms with Crippen molar-refractivity contribution in [2.45, 2.75) is 52.8 Å². The lowest BCUT2D eigenvalue weighted by Gasteiger charge is -2.38. The molecule has 2 aliphatic heterocycles. The van der Waals surface area contributed by atoms with Crippen LogP contribution in [0.25, 0.3) is 11.4 Å². The third-order valence-corrected chi connectivity index (χ3v) is 7.78. The molecule has 2 aliphatic rings. The van der Waals surface area contributed by atoms with Crippen molar-refractivity contribution in [2.24, 2.45) is 0 Å². The van der Waals surface area contributed by atoms with E-state index in [-0.39, 0.29) is 17.3 Å². The molecule has 0 aliphatic carbocycles. The highest BCUT2D eigenvalue weighted by Gasteiger charge is 2.35. The number of fused-ring (bicyclic) bond motifs is 1. The minimum absolute atomic E-state index is 0.0145. The summed E-state index contributed by atoms with van der Waals surface area (Å²) in [4.78, 5) is 27.7. The van der Waals surface area contributed by atoms with E-state index >= 15 is 0 Å². The molecule has 39 heavy (non-hydrogen) atoms. The number of hydrogen-bond donors (Lipinski definition) is 0. The lowest BCUT2D eigenvalue weighted by atomic mass is 9.98. The molecule has 2 aromatic carbocycles. The van der Waals surface area contributed by atoms with Crippen molar-refractivity contribution < 1.29 is 18.0 Å². The van der Waals surface area contributed by atoms with Gasteiger partial charge in [-0.05, 0) is 36.1 Å². The number of nitrogens with zero attached hydrogens (tertiary/aromatic N) is 5. The fourth-order valence-corrected chi connectivity index (χ4v) is 5.47. The Balaban J connectivity index is 1.59. The Kier molecular flexibility index (Phi) is 7.27. The van der Waals surface area contributed by atoms with Crippen LogP contribution in [0.15, 0.2) is 42.5 Å². The highest BCUT2D eigenvalue weighted by molar-refractivity contribution is 5.74. The molecule has 0 atom stereocenters. The number of aryl methyl sites for hydroxylation is 1. The van der Waals surface area contributed by atoms with Gasteiger partial charge in [-0.25, -0.2) is 9.97 Å². The number of benzene rings is 2. The summed E-state index contributed by atoms with van der Waals surface area (Å²) in [7, 11) is 0. The van der Waals surface area contributed by atoms with Crippen LogP contribution in [0.3, 0.4) is 0 Å². The van der Waals surface area contributed by atoms with Gasteiger partial charge in [0, 0.05) is 69.4 Å². The fourth-order valence-electron chi connectivity index (χ4n) is 5.47.